The van der Waals surface area contributed by atoms with Crippen LogP contribution in [0.1, 0.15) is 24.6 Å². The van der Waals surface area contributed by atoms with Gasteiger partial charge in [-0.2, -0.15) is 0 Å². The fraction of sp³-hybridized carbons (Fsp3) is 0.600. The van der Waals surface area contributed by atoms with Crippen LogP contribution in [0.2, 0.25) is 0 Å². The van der Waals surface area contributed by atoms with Crippen LogP contribution in [0.15, 0.2) is 22.8 Å². The quantitative estimate of drug-likeness (QED) is 0.761. The molecule has 0 bridgehead atoms. The van der Waals surface area contributed by atoms with Gasteiger partial charge in [0.25, 0.3) is 0 Å². The highest BCUT2D eigenvalue weighted by molar-refractivity contribution is 5.06. The van der Waals surface area contributed by atoms with Crippen molar-refractivity contribution in [2.75, 3.05) is 13.6 Å². The van der Waals surface area contributed by atoms with E-state index in [4.69, 9.17) is 10.2 Å². The Hall–Kier alpha value is -0.800. The predicted molar refractivity (Wildman–Crippen MR) is 51.3 cm³/mol. The summed E-state index contributed by atoms with van der Waals surface area (Å²) in [6.07, 6.45) is 4.31. The first-order valence-electron chi connectivity index (χ1n) is 4.78. The SMILES string of the molecule is CN(C1CC1)C(CN)c1ccco1. The summed E-state index contributed by atoms with van der Waals surface area (Å²) < 4.78 is 5.36. The Labute approximate surface area is 78.5 Å². The summed E-state index contributed by atoms with van der Waals surface area (Å²) in [4.78, 5) is 2.32. The van der Waals surface area contributed by atoms with E-state index in [1.165, 1.54) is 12.8 Å². The van der Waals surface area contributed by atoms with Crippen LogP contribution in [0.5, 0.6) is 0 Å². The molecule has 13 heavy (non-hydrogen) atoms. The maximum Gasteiger partial charge on any atom is 0.122 e. The van der Waals surface area contributed by atoms with Gasteiger partial charge in [-0.25, -0.2) is 0 Å². The fourth-order valence-electron chi connectivity index (χ4n) is 1.70. The zero-order valence-corrected chi connectivity index (χ0v) is 7.94. The highest BCUT2D eigenvalue weighted by Gasteiger charge is 2.32. The van der Waals surface area contributed by atoms with Crippen LogP contribution in [0.25, 0.3) is 0 Å². The second-order valence-electron chi connectivity index (χ2n) is 3.66. The Kier molecular flexibility index (Phi) is 2.38. The van der Waals surface area contributed by atoms with Crippen LogP contribution in [-0.2, 0) is 0 Å². The lowest BCUT2D eigenvalue weighted by molar-refractivity contribution is 0.211. The molecule has 1 aromatic rings. The first kappa shape index (κ1) is 8.78. The lowest BCUT2D eigenvalue weighted by atomic mass is 10.2. The van der Waals surface area contributed by atoms with Crippen molar-refractivity contribution in [3.8, 4) is 0 Å². The summed E-state index contributed by atoms with van der Waals surface area (Å²) in [5, 5.41) is 0. The van der Waals surface area contributed by atoms with Crippen molar-refractivity contribution >= 4 is 0 Å². The molecule has 1 fully saturated rings. The van der Waals surface area contributed by atoms with E-state index in [9.17, 15) is 0 Å². The zero-order chi connectivity index (χ0) is 9.26. The molecule has 0 radical (unpaired) electrons. The van der Waals surface area contributed by atoms with E-state index in [1.54, 1.807) is 6.26 Å². The average molecular weight is 180 g/mol. The van der Waals surface area contributed by atoms with Crippen LogP contribution < -0.4 is 5.73 Å². The Morgan fingerprint density at radius 3 is 2.92 bits per heavy atom. The van der Waals surface area contributed by atoms with Crippen molar-refractivity contribution in [1.82, 2.24) is 4.90 Å². The van der Waals surface area contributed by atoms with E-state index in [-0.39, 0.29) is 6.04 Å². The van der Waals surface area contributed by atoms with E-state index in [1.807, 2.05) is 12.1 Å². The standard InChI is InChI=1S/C10H16N2O/c1-12(8-4-5-8)9(7-11)10-3-2-6-13-10/h2-3,6,8-9H,4-5,7,11H2,1H3. The van der Waals surface area contributed by atoms with Gasteiger partial charge in [0.15, 0.2) is 0 Å². The summed E-state index contributed by atoms with van der Waals surface area (Å²) in [5.41, 5.74) is 5.73. The molecule has 1 aliphatic rings. The molecule has 3 nitrogen and oxygen atoms in total. The molecule has 0 aliphatic heterocycles. The third-order valence-corrected chi connectivity index (χ3v) is 2.71. The smallest absolute Gasteiger partial charge is 0.122 e. The third kappa shape index (κ3) is 1.76. The van der Waals surface area contributed by atoms with Gasteiger partial charge in [-0.15, -0.1) is 0 Å². The van der Waals surface area contributed by atoms with E-state index < -0.39 is 0 Å². The monoisotopic (exact) mass is 180 g/mol. The molecule has 2 N–H and O–H groups in total. The Balaban J connectivity index is 2.08. The van der Waals surface area contributed by atoms with Crippen molar-refractivity contribution in [2.24, 2.45) is 5.73 Å². The van der Waals surface area contributed by atoms with Crippen molar-refractivity contribution in [2.45, 2.75) is 24.9 Å². The number of hydrogen-bond acceptors (Lipinski definition) is 3. The maximum atomic E-state index is 5.73. The molecule has 72 valence electrons. The van der Waals surface area contributed by atoms with Crippen LogP contribution in [0, 0.1) is 0 Å². The lowest BCUT2D eigenvalue weighted by Crippen LogP contribution is -2.31. The van der Waals surface area contributed by atoms with Gasteiger partial charge < -0.3 is 10.2 Å². The molecule has 0 amide bonds. The second-order valence-corrected chi connectivity index (χ2v) is 3.66. The van der Waals surface area contributed by atoms with Crippen molar-refractivity contribution in [3.63, 3.8) is 0 Å². The fourth-order valence-corrected chi connectivity index (χ4v) is 1.70. The summed E-state index contributed by atoms with van der Waals surface area (Å²) >= 11 is 0. The van der Waals surface area contributed by atoms with Crippen molar-refractivity contribution in [1.29, 1.82) is 0 Å². The molecular formula is C10H16N2O. The second kappa shape index (κ2) is 3.52. The molecule has 3 heteroatoms. The summed E-state index contributed by atoms with van der Waals surface area (Å²) in [7, 11) is 2.12. The van der Waals surface area contributed by atoms with Gasteiger partial charge in [0.1, 0.15) is 5.76 Å². The molecule has 0 saturated heterocycles. The molecule has 0 aromatic carbocycles. The molecule has 1 saturated carbocycles. The van der Waals surface area contributed by atoms with Crippen molar-refractivity contribution in [3.05, 3.63) is 24.2 Å². The van der Waals surface area contributed by atoms with Gasteiger partial charge in [-0.05, 0) is 32.0 Å². The Morgan fingerprint density at radius 1 is 1.69 bits per heavy atom. The van der Waals surface area contributed by atoms with Crippen LogP contribution >= 0.6 is 0 Å². The number of hydrogen-bond donors (Lipinski definition) is 1. The van der Waals surface area contributed by atoms with Gasteiger partial charge in [-0.3, -0.25) is 4.90 Å². The molecule has 1 heterocycles. The average Bonchev–Trinajstić information content (AvgIpc) is 2.86. The number of likely N-dealkylation sites (N-methyl/N-ethyl adjacent to an activating group) is 1. The minimum atomic E-state index is 0.252. The molecule has 2 rings (SSSR count). The number of nitrogens with zero attached hydrogens (tertiary/aromatic N) is 1. The summed E-state index contributed by atoms with van der Waals surface area (Å²) in [6.45, 7) is 0.626. The Morgan fingerprint density at radius 2 is 2.46 bits per heavy atom. The minimum absolute atomic E-state index is 0.252. The summed E-state index contributed by atoms with van der Waals surface area (Å²) in [6, 6.07) is 4.89. The van der Waals surface area contributed by atoms with Crippen molar-refractivity contribution < 1.29 is 4.42 Å². The van der Waals surface area contributed by atoms with E-state index in [0.29, 0.717) is 6.54 Å². The lowest BCUT2D eigenvalue weighted by Gasteiger charge is -2.24. The maximum absolute atomic E-state index is 5.73. The molecule has 0 spiro atoms. The normalized spacial score (nSPS) is 19.3. The number of rotatable bonds is 4. The van der Waals surface area contributed by atoms with Gasteiger partial charge in [-0.1, -0.05) is 0 Å². The van der Waals surface area contributed by atoms with Crippen LogP contribution in [0.3, 0.4) is 0 Å². The van der Waals surface area contributed by atoms with Gasteiger partial charge >= 0.3 is 0 Å². The largest absolute Gasteiger partial charge is 0.468 e. The van der Waals surface area contributed by atoms with E-state index in [2.05, 4.69) is 11.9 Å². The molecule has 1 atom stereocenters. The third-order valence-electron chi connectivity index (χ3n) is 2.71. The molecule has 1 unspecified atom stereocenters. The summed E-state index contributed by atoms with van der Waals surface area (Å²) in [5.74, 6) is 0.983. The van der Waals surface area contributed by atoms with Crippen LogP contribution in [-0.4, -0.2) is 24.5 Å². The first-order chi connectivity index (χ1) is 6.33. The van der Waals surface area contributed by atoms with Gasteiger partial charge in [0.05, 0.1) is 12.3 Å². The van der Waals surface area contributed by atoms with E-state index in [0.717, 1.165) is 11.8 Å². The predicted octanol–water partition coefficient (Wildman–Crippen LogP) is 1.37. The molecule has 1 aromatic heterocycles. The minimum Gasteiger partial charge on any atom is -0.468 e. The van der Waals surface area contributed by atoms with E-state index >= 15 is 0 Å². The van der Waals surface area contributed by atoms with Gasteiger partial charge in [0.2, 0.25) is 0 Å². The van der Waals surface area contributed by atoms with Crippen LogP contribution in [0.4, 0.5) is 0 Å². The first-order valence-corrected chi connectivity index (χ1v) is 4.78. The highest BCUT2D eigenvalue weighted by atomic mass is 16.3. The number of furan rings is 1. The van der Waals surface area contributed by atoms with Gasteiger partial charge in [0, 0.05) is 12.6 Å². The number of nitrogens with two attached hydrogens (primary N) is 1. The topological polar surface area (TPSA) is 42.4 Å². The Bertz CT molecular complexity index is 254. The molecular weight excluding hydrogens is 164 g/mol. The zero-order valence-electron chi connectivity index (χ0n) is 7.94. The molecule has 1 aliphatic carbocycles. The highest BCUT2D eigenvalue weighted by Crippen LogP contribution is 2.32.